The zero-order chi connectivity index (χ0) is 18.6. The molecule has 0 spiro atoms. The number of carbonyl (C=O) groups excluding carboxylic acids is 3. The van der Waals surface area contributed by atoms with Gasteiger partial charge < -0.3 is 20.8 Å². The number of nitrogens with two attached hydrogens (primary N) is 1. The summed E-state index contributed by atoms with van der Waals surface area (Å²) >= 11 is 0. The first kappa shape index (κ1) is 19.0. The number of ether oxygens (including phenoxy) is 1. The Morgan fingerprint density at radius 2 is 1.92 bits per heavy atom. The predicted octanol–water partition coefficient (Wildman–Crippen LogP) is 0.488. The van der Waals surface area contributed by atoms with Crippen LogP contribution in [0.5, 0.6) is 0 Å². The summed E-state index contributed by atoms with van der Waals surface area (Å²) in [5.41, 5.74) is 7.23. The highest BCUT2D eigenvalue weighted by molar-refractivity contribution is 6.00. The van der Waals surface area contributed by atoms with Crippen LogP contribution >= 0.6 is 0 Å². The van der Waals surface area contributed by atoms with Crippen LogP contribution in [0.1, 0.15) is 51.9 Å². The minimum atomic E-state index is -0.424. The minimum absolute atomic E-state index is 0.0330. The third-order valence-electron chi connectivity index (χ3n) is 4.45. The zero-order valence-electron chi connectivity index (χ0n) is 15.0. The fraction of sp³-hybridized carbons (Fsp3) is 0.588. The molecule has 4 N–H and O–H groups in total. The van der Waals surface area contributed by atoms with E-state index in [0.717, 1.165) is 12.8 Å². The van der Waals surface area contributed by atoms with Gasteiger partial charge in [-0.2, -0.15) is 0 Å². The van der Waals surface area contributed by atoms with Crippen LogP contribution in [0.25, 0.3) is 0 Å². The molecule has 1 aliphatic heterocycles. The van der Waals surface area contributed by atoms with Gasteiger partial charge in [0.05, 0.1) is 18.7 Å². The van der Waals surface area contributed by atoms with E-state index in [1.165, 1.54) is 0 Å². The number of aromatic amines is 1. The number of aryl methyl sites for hydroxylation is 1. The Hall–Kier alpha value is -2.35. The first-order valence-corrected chi connectivity index (χ1v) is 8.51. The van der Waals surface area contributed by atoms with E-state index < -0.39 is 5.97 Å². The molecule has 0 bridgehead atoms. The highest BCUT2D eigenvalue weighted by Crippen LogP contribution is 2.20. The number of nitrogens with one attached hydrogen (secondary N) is 2. The van der Waals surface area contributed by atoms with E-state index >= 15 is 0 Å². The number of amides is 2. The van der Waals surface area contributed by atoms with Crippen LogP contribution in [0.15, 0.2) is 0 Å². The lowest BCUT2D eigenvalue weighted by molar-refractivity contribution is -0.119. The van der Waals surface area contributed by atoms with Gasteiger partial charge in [0.15, 0.2) is 0 Å². The molecule has 0 radical (unpaired) electrons. The summed E-state index contributed by atoms with van der Waals surface area (Å²) in [4.78, 5) is 40.5. The maximum atomic E-state index is 12.6. The average molecular weight is 350 g/mol. The van der Waals surface area contributed by atoms with Gasteiger partial charge in [-0.25, -0.2) is 4.79 Å². The van der Waals surface area contributed by atoms with E-state index in [2.05, 4.69) is 10.3 Å². The van der Waals surface area contributed by atoms with Crippen molar-refractivity contribution in [1.29, 1.82) is 0 Å². The van der Waals surface area contributed by atoms with Gasteiger partial charge in [-0.15, -0.1) is 0 Å². The summed E-state index contributed by atoms with van der Waals surface area (Å²) < 4.78 is 5.04. The molecule has 1 aromatic rings. The quantitative estimate of drug-likeness (QED) is 0.645. The molecule has 2 amide bonds. The Morgan fingerprint density at radius 1 is 1.28 bits per heavy atom. The molecule has 0 unspecified atom stereocenters. The van der Waals surface area contributed by atoms with E-state index in [4.69, 9.17) is 10.5 Å². The lowest BCUT2D eigenvalue weighted by atomic mass is 10.0. The molecule has 1 aliphatic rings. The summed E-state index contributed by atoms with van der Waals surface area (Å²) in [6.07, 6.45) is 1.50. The minimum Gasteiger partial charge on any atom is -0.462 e. The third kappa shape index (κ3) is 4.60. The standard InChI is InChI=1S/C17H26N4O4/c1-4-25-17(24)14-10(2)15(19-11(14)3)16(23)20-12-5-7-21(8-6-12)9-13(18)22/h12,19H,4-9H2,1-3H3,(H2,18,22)(H,20,23). The van der Waals surface area contributed by atoms with Crippen LogP contribution in [0.4, 0.5) is 0 Å². The van der Waals surface area contributed by atoms with Crippen molar-refractivity contribution in [1.82, 2.24) is 15.2 Å². The van der Waals surface area contributed by atoms with E-state index in [1.807, 2.05) is 4.90 Å². The molecule has 0 atom stereocenters. The first-order chi connectivity index (χ1) is 11.8. The second-order valence-corrected chi connectivity index (χ2v) is 6.34. The maximum Gasteiger partial charge on any atom is 0.340 e. The lowest BCUT2D eigenvalue weighted by Crippen LogP contribution is -2.46. The fourth-order valence-electron chi connectivity index (χ4n) is 3.20. The Bertz CT molecular complexity index is 660. The van der Waals surface area contributed by atoms with E-state index in [-0.39, 0.29) is 31.0 Å². The number of esters is 1. The van der Waals surface area contributed by atoms with Gasteiger partial charge in [-0.05, 0) is 39.2 Å². The smallest absolute Gasteiger partial charge is 0.340 e. The molecule has 1 saturated heterocycles. The van der Waals surface area contributed by atoms with Crippen molar-refractivity contribution in [2.24, 2.45) is 5.73 Å². The average Bonchev–Trinajstić information content (AvgIpc) is 2.84. The summed E-state index contributed by atoms with van der Waals surface area (Å²) in [6, 6.07) is 0.0330. The number of primary amides is 1. The summed E-state index contributed by atoms with van der Waals surface area (Å²) in [5, 5.41) is 3.00. The van der Waals surface area contributed by atoms with Crippen molar-refractivity contribution in [2.75, 3.05) is 26.2 Å². The fourth-order valence-corrected chi connectivity index (χ4v) is 3.20. The molecule has 1 aromatic heterocycles. The van der Waals surface area contributed by atoms with Crippen LogP contribution in [0, 0.1) is 13.8 Å². The predicted molar refractivity (Wildman–Crippen MR) is 92.3 cm³/mol. The SMILES string of the molecule is CCOC(=O)c1c(C)[nH]c(C(=O)NC2CCN(CC(N)=O)CC2)c1C. The summed E-state index contributed by atoms with van der Waals surface area (Å²) in [7, 11) is 0. The Morgan fingerprint density at radius 3 is 2.48 bits per heavy atom. The Labute approximate surface area is 147 Å². The van der Waals surface area contributed by atoms with Crippen molar-refractivity contribution in [3.8, 4) is 0 Å². The van der Waals surface area contributed by atoms with Gasteiger partial charge in [-0.1, -0.05) is 0 Å². The molecular weight excluding hydrogens is 324 g/mol. The molecule has 2 heterocycles. The number of hydrogen-bond acceptors (Lipinski definition) is 5. The van der Waals surface area contributed by atoms with Crippen LogP contribution in [-0.2, 0) is 9.53 Å². The van der Waals surface area contributed by atoms with Gasteiger partial charge in [0.2, 0.25) is 5.91 Å². The number of nitrogens with zero attached hydrogens (tertiary/aromatic N) is 1. The lowest BCUT2D eigenvalue weighted by Gasteiger charge is -2.31. The monoisotopic (exact) mass is 350 g/mol. The molecule has 0 saturated carbocycles. The number of rotatable bonds is 6. The van der Waals surface area contributed by atoms with E-state index in [9.17, 15) is 14.4 Å². The van der Waals surface area contributed by atoms with Crippen molar-refractivity contribution in [3.63, 3.8) is 0 Å². The van der Waals surface area contributed by atoms with E-state index in [1.54, 1.807) is 20.8 Å². The molecule has 2 rings (SSSR count). The topological polar surface area (TPSA) is 118 Å². The van der Waals surface area contributed by atoms with Gasteiger partial charge in [0.25, 0.3) is 5.91 Å². The van der Waals surface area contributed by atoms with Crippen molar-refractivity contribution >= 4 is 17.8 Å². The normalized spacial score (nSPS) is 15.8. The number of H-pyrrole nitrogens is 1. The largest absolute Gasteiger partial charge is 0.462 e. The van der Waals surface area contributed by atoms with Crippen molar-refractivity contribution < 1.29 is 19.1 Å². The van der Waals surface area contributed by atoms with Crippen molar-refractivity contribution in [2.45, 2.75) is 39.7 Å². The maximum absolute atomic E-state index is 12.6. The number of piperidine rings is 1. The number of likely N-dealkylation sites (tertiary alicyclic amines) is 1. The van der Waals surface area contributed by atoms with Gasteiger partial charge in [-0.3, -0.25) is 14.5 Å². The molecule has 8 nitrogen and oxygen atoms in total. The van der Waals surface area contributed by atoms with Gasteiger partial charge in [0, 0.05) is 24.8 Å². The van der Waals surface area contributed by atoms with Gasteiger partial charge >= 0.3 is 5.97 Å². The van der Waals surface area contributed by atoms with Gasteiger partial charge in [0.1, 0.15) is 5.69 Å². The van der Waals surface area contributed by atoms with E-state index in [0.29, 0.717) is 35.6 Å². The second kappa shape index (κ2) is 8.15. The Kier molecular flexibility index (Phi) is 6.19. The number of hydrogen-bond donors (Lipinski definition) is 3. The molecule has 25 heavy (non-hydrogen) atoms. The molecule has 0 aromatic carbocycles. The van der Waals surface area contributed by atoms with Crippen LogP contribution in [0.3, 0.4) is 0 Å². The first-order valence-electron chi connectivity index (χ1n) is 8.51. The molecule has 1 fully saturated rings. The summed E-state index contributed by atoms with van der Waals surface area (Å²) in [6.45, 7) is 7.19. The second-order valence-electron chi connectivity index (χ2n) is 6.34. The number of carbonyl (C=O) groups is 3. The van der Waals surface area contributed by atoms with Crippen LogP contribution < -0.4 is 11.1 Å². The Balaban J connectivity index is 1.99. The van der Waals surface area contributed by atoms with Crippen LogP contribution in [0.2, 0.25) is 0 Å². The third-order valence-corrected chi connectivity index (χ3v) is 4.45. The summed E-state index contributed by atoms with van der Waals surface area (Å²) in [5.74, 6) is -0.997. The molecule has 138 valence electrons. The number of aromatic nitrogens is 1. The highest BCUT2D eigenvalue weighted by atomic mass is 16.5. The molecule has 0 aliphatic carbocycles. The highest BCUT2D eigenvalue weighted by Gasteiger charge is 2.26. The van der Waals surface area contributed by atoms with Crippen molar-refractivity contribution in [3.05, 3.63) is 22.5 Å². The van der Waals surface area contributed by atoms with Crippen LogP contribution in [-0.4, -0.2) is 60.0 Å². The zero-order valence-corrected chi connectivity index (χ0v) is 15.0. The molecular formula is C17H26N4O4. The molecule has 8 heteroatoms.